The normalized spacial score (nSPS) is 10.3. The zero-order chi connectivity index (χ0) is 19.8. The average Bonchev–Trinajstić information content (AvgIpc) is 2.61. The summed E-state index contributed by atoms with van der Waals surface area (Å²) in [6, 6.07) is 9.00. The molecule has 0 aromatic heterocycles. The molecule has 0 heterocycles. The number of anilines is 2. The van der Waals surface area contributed by atoms with Crippen LogP contribution in [-0.2, 0) is 0 Å². The van der Waals surface area contributed by atoms with Gasteiger partial charge in [-0.1, -0.05) is 17.7 Å². The minimum Gasteiger partial charge on any atom is -0.490 e. The molecule has 27 heavy (non-hydrogen) atoms. The van der Waals surface area contributed by atoms with Gasteiger partial charge in [0, 0.05) is 17.8 Å². The fourth-order valence-electron chi connectivity index (χ4n) is 2.70. The molecule has 6 heteroatoms. The van der Waals surface area contributed by atoms with Crippen molar-refractivity contribution in [3.8, 4) is 17.2 Å². The van der Waals surface area contributed by atoms with Crippen molar-refractivity contribution in [2.45, 2.75) is 34.6 Å². The van der Waals surface area contributed by atoms with Gasteiger partial charge in [-0.15, -0.1) is 0 Å². The predicted octanol–water partition coefficient (Wildman–Crippen LogP) is 5.14. The van der Waals surface area contributed by atoms with Crippen LogP contribution in [0.15, 0.2) is 30.3 Å². The third kappa shape index (κ3) is 5.54. The molecular weight excluding hydrogens is 344 g/mol. The molecule has 0 bridgehead atoms. The average molecular weight is 372 g/mol. The highest BCUT2D eigenvalue weighted by molar-refractivity contribution is 6.00. The van der Waals surface area contributed by atoms with Crippen molar-refractivity contribution in [1.29, 1.82) is 0 Å². The number of nitrogens with one attached hydrogen (secondary N) is 2. The first-order valence-electron chi connectivity index (χ1n) is 9.20. The molecule has 0 unspecified atom stereocenters. The van der Waals surface area contributed by atoms with Crippen molar-refractivity contribution in [3.05, 3.63) is 41.5 Å². The Hall–Kier alpha value is -2.89. The molecule has 0 saturated heterocycles. The molecule has 2 amide bonds. The van der Waals surface area contributed by atoms with Gasteiger partial charge in [0.2, 0.25) is 5.75 Å². The van der Waals surface area contributed by atoms with E-state index in [1.165, 1.54) is 0 Å². The highest BCUT2D eigenvalue weighted by Gasteiger charge is 2.16. The van der Waals surface area contributed by atoms with Gasteiger partial charge in [-0.2, -0.15) is 0 Å². The van der Waals surface area contributed by atoms with Crippen molar-refractivity contribution in [2.75, 3.05) is 30.5 Å². The van der Waals surface area contributed by atoms with Crippen molar-refractivity contribution >= 4 is 17.4 Å². The Labute approximate surface area is 160 Å². The molecule has 2 N–H and O–H groups in total. The highest BCUT2D eigenvalue weighted by atomic mass is 16.5. The predicted molar refractivity (Wildman–Crippen MR) is 109 cm³/mol. The molecule has 0 aliphatic heterocycles. The smallest absolute Gasteiger partial charge is 0.323 e. The lowest BCUT2D eigenvalue weighted by Gasteiger charge is -2.18. The van der Waals surface area contributed by atoms with Crippen LogP contribution in [0.5, 0.6) is 17.2 Å². The molecule has 2 aromatic rings. The van der Waals surface area contributed by atoms with E-state index in [1.807, 2.05) is 52.8 Å². The fraction of sp³-hybridized carbons (Fsp3) is 0.381. The van der Waals surface area contributed by atoms with Crippen LogP contribution in [0.2, 0.25) is 0 Å². The third-order valence-electron chi connectivity index (χ3n) is 3.80. The van der Waals surface area contributed by atoms with E-state index in [-0.39, 0.29) is 6.03 Å². The number of benzene rings is 2. The maximum atomic E-state index is 12.4. The Morgan fingerprint density at radius 3 is 1.96 bits per heavy atom. The monoisotopic (exact) mass is 372 g/mol. The van der Waals surface area contributed by atoms with Crippen LogP contribution in [0, 0.1) is 13.8 Å². The van der Waals surface area contributed by atoms with E-state index >= 15 is 0 Å². The summed E-state index contributed by atoms with van der Waals surface area (Å²) >= 11 is 0. The van der Waals surface area contributed by atoms with E-state index in [0.29, 0.717) is 42.8 Å². The molecule has 2 aromatic carbocycles. The number of amides is 2. The summed E-state index contributed by atoms with van der Waals surface area (Å²) in [6.45, 7) is 11.1. The van der Waals surface area contributed by atoms with Crippen molar-refractivity contribution in [2.24, 2.45) is 0 Å². The molecule has 0 saturated carbocycles. The van der Waals surface area contributed by atoms with Gasteiger partial charge in [0.25, 0.3) is 0 Å². The van der Waals surface area contributed by atoms with Gasteiger partial charge in [-0.3, -0.25) is 0 Å². The van der Waals surface area contributed by atoms with Crippen LogP contribution < -0.4 is 24.8 Å². The minimum absolute atomic E-state index is 0.337. The second-order valence-electron chi connectivity index (χ2n) is 6.00. The van der Waals surface area contributed by atoms with E-state index in [1.54, 1.807) is 12.1 Å². The van der Waals surface area contributed by atoms with E-state index in [0.717, 1.165) is 16.8 Å². The Balaban J connectivity index is 2.24. The second-order valence-corrected chi connectivity index (χ2v) is 6.00. The van der Waals surface area contributed by atoms with Crippen molar-refractivity contribution in [3.63, 3.8) is 0 Å². The highest BCUT2D eigenvalue weighted by Crippen LogP contribution is 2.40. The molecule has 0 aliphatic carbocycles. The van der Waals surface area contributed by atoms with Crippen LogP contribution in [0.4, 0.5) is 16.2 Å². The van der Waals surface area contributed by atoms with Gasteiger partial charge in [-0.05, 0) is 46.2 Å². The van der Waals surface area contributed by atoms with Crippen LogP contribution in [0.1, 0.15) is 31.9 Å². The summed E-state index contributed by atoms with van der Waals surface area (Å²) in [5.41, 5.74) is 3.47. The first-order chi connectivity index (χ1) is 13.0. The summed E-state index contributed by atoms with van der Waals surface area (Å²) in [5.74, 6) is 1.61. The number of urea groups is 1. The molecule has 0 spiro atoms. The first kappa shape index (κ1) is 20.4. The van der Waals surface area contributed by atoms with Crippen molar-refractivity contribution in [1.82, 2.24) is 0 Å². The SMILES string of the molecule is CCOc1cc(NC(=O)Nc2ccc(C)cc2C)cc(OCC)c1OCC. The van der Waals surface area contributed by atoms with Gasteiger partial charge >= 0.3 is 6.03 Å². The van der Waals surface area contributed by atoms with Gasteiger partial charge in [0.15, 0.2) is 11.5 Å². The number of aryl methyl sites for hydroxylation is 2. The minimum atomic E-state index is -0.337. The molecule has 2 rings (SSSR count). The molecule has 6 nitrogen and oxygen atoms in total. The van der Waals surface area contributed by atoms with E-state index < -0.39 is 0 Å². The van der Waals surface area contributed by atoms with Gasteiger partial charge in [-0.25, -0.2) is 4.79 Å². The first-order valence-corrected chi connectivity index (χ1v) is 9.20. The number of hydrogen-bond acceptors (Lipinski definition) is 4. The van der Waals surface area contributed by atoms with Crippen molar-refractivity contribution < 1.29 is 19.0 Å². The lowest BCUT2D eigenvalue weighted by atomic mass is 10.1. The third-order valence-corrected chi connectivity index (χ3v) is 3.80. The van der Waals surface area contributed by atoms with E-state index in [2.05, 4.69) is 10.6 Å². The Bertz CT molecular complexity index is 763. The fourth-order valence-corrected chi connectivity index (χ4v) is 2.70. The van der Waals surface area contributed by atoms with Gasteiger partial charge in [0.1, 0.15) is 0 Å². The zero-order valence-corrected chi connectivity index (χ0v) is 16.6. The van der Waals surface area contributed by atoms with E-state index in [4.69, 9.17) is 14.2 Å². The van der Waals surface area contributed by atoms with Crippen LogP contribution in [-0.4, -0.2) is 25.9 Å². The summed E-state index contributed by atoms with van der Waals surface area (Å²) in [7, 11) is 0. The summed E-state index contributed by atoms with van der Waals surface area (Å²) < 4.78 is 17.0. The quantitative estimate of drug-likeness (QED) is 0.673. The number of rotatable bonds is 8. The topological polar surface area (TPSA) is 68.8 Å². The summed E-state index contributed by atoms with van der Waals surface area (Å²) in [5, 5.41) is 5.70. The molecule has 0 aliphatic rings. The standard InChI is InChI=1S/C21H28N2O4/c1-6-25-18-12-16(13-19(26-7-2)20(18)27-8-3)22-21(24)23-17-10-9-14(4)11-15(17)5/h9-13H,6-8H2,1-5H3,(H2,22,23,24). The maximum Gasteiger partial charge on any atom is 0.323 e. The molecule has 0 atom stereocenters. The summed E-state index contributed by atoms with van der Waals surface area (Å²) in [4.78, 5) is 12.4. The lowest BCUT2D eigenvalue weighted by Crippen LogP contribution is -2.20. The Kier molecular flexibility index (Phi) is 7.34. The van der Waals surface area contributed by atoms with E-state index in [9.17, 15) is 4.79 Å². The van der Waals surface area contributed by atoms with Gasteiger partial charge < -0.3 is 24.8 Å². The second kappa shape index (κ2) is 9.71. The number of ether oxygens (including phenoxy) is 3. The zero-order valence-electron chi connectivity index (χ0n) is 16.6. The van der Waals surface area contributed by atoms with Crippen LogP contribution in [0.25, 0.3) is 0 Å². The lowest BCUT2D eigenvalue weighted by molar-refractivity contribution is 0.260. The molecule has 146 valence electrons. The molecular formula is C21H28N2O4. The summed E-state index contributed by atoms with van der Waals surface area (Å²) in [6.07, 6.45) is 0. The molecule has 0 fully saturated rings. The number of carbonyl (C=O) groups excluding carboxylic acids is 1. The molecule has 0 radical (unpaired) electrons. The Morgan fingerprint density at radius 1 is 0.852 bits per heavy atom. The van der Waals surface area contributed by atoms with Crippen LogP contribution >= 0.6 is 0 Å². The van der Waals surface area contributed by atoms with Crippen LogP contribution in [0.3, 0.4) is 0 Å². The Morgan fingerprint density at radius 2 is 1.44 bits per heavy atom. The number of carbonyl (C=O) groups is 1. The van der Waals surface area contributed by atoms with Gasteiger partial charge in [0.05, 0.1) is 25.5 Å². The largest absolute Gasteiger partial charge is 0.490 e. The maximum absolute atomic E-state index is 12.4. The number of hydrogen-bond donors (Lipinski definition) is 2.